The number of carbonyl (C=O) groups is 1. The zero-order chi connectivity index (χ0) is 20.2. The predicted molar refractivity (Wildman–Crippen MR) is 113 cm³/mol. The quantitative estimate of drug-likeness (QED) is 0.540. The van der Waals surface area contributed by atoms with Gasteiger partial charge in [-0.15, -0.1) is 0 Å². The van der Waals surface area contributed by atoms with E-state index >= 15 is 0 Å². The molecule has 2 aromatic carbocycles. The summed E-state index contributed by atoms with van der Waals surface area (Å²) in [5.41, 5.74) is 8.95. The van der Waals surface area contributed by atoms with Crippen molar-refractivity contribution in [1.29, 1.82) is 0 Å². The number of pyridine rings is 1. The Labute approximate surface area is 167 Å². The SMILES string of the molecule is CCOc1nc(N)nc2ccc(-c3ccc(C(=O)Nc4ccccn4)cc3)cc12. The number of nitrogens with two attached hydrogens (primary N) is 1. The molecule has 2 aromatic heterocycles. The summed E-state index contributed by atoms with van der Waals surface area (Å²) in [6.07, 6.45) is 1.63. The minimum absolute atomic E-state index is 0.178. The average Bonchev–Trinajstić information content (AvgIpc) is 2.74. The molecule has 144 valence electrons. The molecule has 0 unspecified atom stereocenters. The highest BCUT2D eigenvalue weighted by Crippen LogP contribution is 2.29. The van der Waals surface area contributed by atoms with Crippen LogP contribution in [0, 0.1) is 0 Å². The summed E-state index contributed by atoms with van der Waals surface area (Å²) in [7, 11) is 0. The van der Waals surface area contributed by atoms with E-state index in [-0.39, 0.29) is 11.9 Å². The summed E-state index contributed by atoms with van der Waals surface area (Å²) in [6, 6.07) is 18.5. The van der Waals surface area contributed by atoms with E-state index in [1.54, 1.807) is 30.5 Å². The van der Waals surface area contributed by atoms with Gasteiger partial charge in [0.15, 0.2) is 0 Å². The van der Waals surface area contributed by atoms with Gasteiger partial charge >= 0.3 is 0 Å². The molecule has 7 heteroatoms. The number of amides is 1. The van der Waals surface area contributed by atoms with Crippen molar-refractivity contribution in [2.75, 3.05) is 17.7 Å². The van der Waals surface area contributed by atoms with Gasteiger partial charge in [-0.2, -0.15) is 4.98 Å². The Kier molecular flexibility index (Phi) is 5.03. The molecule has 29 heavy (non-hydrogen) atoms. The van der Waals surface area contributed by atoms with Crippen LogP contribution in [0.15, 0.2) is 66.9 Å². The van der Waals surface area contributed by atoms with E-state index in [9.17, 15) is 4.79 Å². The number of aromatic nitrogens is 3. The summed E-state index contributed by atoms with van der Waals surface area (Å²) in [6.45, 7) is 2.37. The van der Waals surface area contributed by atoms with Gasteiger partial charge in [-0.05, 0) is 54.4 Å². The van der Waals surface area contributed by atoms with Crippen molar-refractivity contribution in [3.63, 3.8) is 0 Å². The molecule has 0 saturated carbocycles. The molecule has 1 amide bonds. The molecule has 7 nitrogen and oxygen atoms in total. The minimum atomic E-state index is -0.212. The van der Waals surface area contributed by atoms with Gasteiger partial charge in [0.25, 0.3) is 5.91 Å². The standard InChI is InChI=1S/C22H19N5O2/c1-2-29-21-17-13-16(10-11-18(17)25-22(23)27-21)14-6-8-15(9-7-14)20(28)26-19-5-3-4-12-24-19/h3-13H,2H2,1H3,(H2,23,25,27)(H,24,26,28). The van der Waals surface area contributed by atoms with Crippen molar-refractivity contribution in [2.45, 2.75) is 6.92 Å². The average molecular weight is 385 g/mol. The molecule has 4 aromatic rings. The van der Waals surface area contributed by atoms with E-state index in [4.69, 9.17) is 10.5 Å². The number of nitrogens with one attached hydrogen (secondary N) is 1. The number of hydrogen-bond acceptors (Lipinski definition) is 6. The van der Waals surface area contributed by atoms with Crippen LogP contribution in [0.4, 0.5) is 11.8 Å². The van der Waals surface area contributed by atoms with E-state index in [0.29, 0.717) is 23.9 Å². The van der Waals surface area contributed by atoms with Crippen LogP contribution >= 0.6 is 0 Å². The van der Waals surface area contributed by atoms with Crippen molar-refractivity contribution in [3.8, 4) is 17.0 Å². The molecule has 0 aliphatic heterocycles. The smallest absolute Gasteiger partial charge is 0.256 e. The molecule has 0 atom stereocenters. The summed E-state index contributed by atoms with van der Waals surface area (Å²) in [5.74, 6) is 0.940. The van der Waals surface area contributed by atoms with Gasteiger partial charge in [0.05, 0.1) is 17.5 Å². The van der Waals surface area contributed by atoms with Crippen molar-refractivity contribution in [3.05, 3.63) is 72.4 Å². The lowest BCUT2D eigenvalue weighted by Crippen LogP contribution is -2.12. The van der Waals surface area contributed by atoms with Gasteiger partial charge in [-0.25, -0.2) is 9.97 Å². The van der Waals surface area contributed by atoms with Crippen molar-refractivity contribution in [1.82, 2.24) is 15.0 Å². The number of carbonyl (C=O) groups excluding carboxylic acids is 1. The number of benzene rings is 2. The van der Waals surface area contributed by atoms with Crippen molar-refractivity contribution >= 4 is 28.6 Å². The highest BCUT2D eigenvalue weighted by atomic mass is 16.5. The molecule has 0 saturated heterocycles. The molecule has 3 N–H and O–H groups in total. The van der Waals surface area contributed by atoms with Crippen molar-refractivity contribution < 1.29 is 9.53 Å². The third kappa shape index (κ3) is 3.98. The normalized spacial score (nSPS) is 10.7. The van der Waals surface area contributed by atoms with Gasteiger partial charge in [0.1, 0.15) is 5.82 Å². The van der Waals surface area contributed by atoms with Crippen LogP contribution in [0.3, 0.4) is 0 Å². The number of ether oxygens (including phenoxy) is 1. The monoisotopic (exact) mass is 385 g/mol. The Morgan fingerprint density at radius 2 is 1.83 bits per heavy atom. The molecule has 2 heterocycles. The lowest BCUT2D eigenvalue weighted by molar-refractivity contribution is 0.102. The zero-order valence-electron chi connectivity index (χ0n) is 15.8. The number of rotatable bonds is 5. The lowest BCUT2D eigenvalue weighted by atomic mass is 10.0. The Hall–Kier alpha value is -4.00. The molecule has 0 spiro atoms. The van der Waals surface area contributed by atoms with Crippen LogP contribution in [-0.2, 0) is 0 Å². The van der Waals surface area contributed by atoms with E-state index in [0.717, 1.165) is 22.0 Å². The number of fused-ring (bicyclic) bond motifs is 1. The topological polar surface area (TPSA) is 103 Å². The fourth-order valence-corrected chi connectivity index (χ4v) is 2.98. The number of anilines is 2. The highest BCUT2D eigenvalue weighted by molar-refractivity contribution is 6.04. The Bertz CT molecular complexity index is 1160. The minimum Gasteiger partial charge on any atom is -0.477 e. The van der Waals surface area contributed by atoms with Crippen LogP contribution in [0.5, 0.6) is 5.88 Å². The van der Waals surface area contributed by atoms with Gasteiger partial charge in [0, 0.05) is 11.8 Å². The van der Waals surface area contributed by atoms with Crippen LogP contribution in [0.2, 0.25) is 0 Å². The summed E-state index contributed by atoms with van der Waals surface area (Å²) in [5, 5.41) is 3.56. The summed E-state index contributed by atoms with van der Waals surface area (Å²) < 4.78 is 5.61. The first kappa shape index (κ1) is 18.4. The Balaban J connectivity index is 1.61. The van der Waals surface area contributed by atoms with Gasteiger partial charge in [0.2, 0.25) is 11.8 Å². The molecule has 0 fully saturated rings. The number of nitrogens with zero attached hydrogens (tertiary/aromatic N) is 3. The number of hydrogen-bond donors (Lipinski definition) is 2. The maximum absolute atomic E-state index is 12.4. The predicted octanol–water partition coefficient (Wildman–Crippen LogP) is 3.93. The largest absolute Gasteiger partial charge is 0.477 e. The van der Waals surface area contributed by atoms with Gasteiger partial charge in [-0.1, -0.05) is 24.3 Å². The number of nitrogen functional groups attached to an aromatic ring is 1. The Morgan fingerprint density at radius 3 is 2.55 bits per heavy atom. The highest BCUT2D eigenvalue weighted by Gasteiger charge is 2.11. The zero-order valence-corrected chi connectivity index (χ0v) is 15.8. The molecule has 0 aliphatic carbocycles. The van der Waals surface area contributed by atoms with E-state index < -0.39 is 0 Å². The van der Waals surface area contributed by atoms with Crippen LogP contribution in [-0.4, -0.2) is 27.5 Å². The Morgan fingerprint density at radius 1 is 1.03 bits per heavy atom. The first-order chi connectivity index (χ1) is 14.1. The van der Waals surface area contributed by atoms with Gasteiger partial charge in [-0.3, -0.25) is 4.79 Å². The second-order valence-electron chi connectivity index (χ2n) is 6.30. The second kappa shape index (κ2) is 7.93. The molecule has 0 bridgehead atoms. The van der Waals surface area contributed by atoms with Crippen molar-refractivity contribution in [2.24, 2.45) is 0 Å². The fourth-order valence-electron chi connectivity index (χ4n) is 2.98. The first-order valence-electron chi connectivity index (χ1n) is 9.17. The second-order valence-corrected chi connectivity index (χ2v) is 6.30. The van der Waals surface area contributed by atoms with E-state index in [1.807, 2.05) is 43.3 Å². The van der Waals surface area contributed by atoms with E-state index in [1.165, 1.54) is 0 Å². The molecule has 0 aliphatic rings. The molecular weight excluding hydrogens is 366 g/mol. The first-order valence-corrected chi connectivity index (χ1v) is 9.17. The molecule has 4 rings (SSSR count). The maximum Gasteiger partial charge on any atom is 0.256 e. The third-order valence-electron chi connectivity index (χ3n) is 4.35. The van der Waals surface area contributed by atoms with Crippen LogP contribution < -0.4 is 15.8 Å². The fraction of sp³-hybridized carbons (Fsp3) is 0.0909. The maximum atomic E-state index is 12.4. The molecule has 0 radical (unpaired) electrons. The van der Waals surface area contributed by atoms with E-state index in [2.05, 4.69) is 20.3 Å². The van der Waals surface area contributed by atoms with Gasteiger partial charge < -0.3 is 15.8 Å². The van der Waals surface area contributed by atoms with Crippen LogP contribution in [0.25, 0.3) is 22.0 Å². The third-order valence-corrected chi connectivity index (χ3v) is 4.35. The molecular formula is C22H19N5O2. The summed E-state index contributed by atoms with van der Waals surface area (Å²) >= 11 is 0. The summed E-state index contributed by atoms with van der Waals surface area (Å²) in [4.78, 5) is 24.9. The van der Waals surface area contributed by atoms with Crippen LogP contribution in [0.1, 0.15) is 17.3 Å². The lowest BCUT2D eigenvalue weighted by Gasteiger charge is -2.10.